The van der Waals surface area contributed by atoms with E-state index in [4.69, 9.17) is 15.6 Å². The lowest BCUT2D eigenvalue weighted by molar-refractivity contribution is -0.137. The summed E-state index contributed by atoms with van der Waals surface area (Å²) in [5.74, 6) is -1.02. The SMILES string of the molecule is C[C@H](N)[C@@H](CC(=O)O)NC(=O)OC(C)(C)C. The lowest BCUT2D eigenvalue weighted by atomic mass is 10.1. The van der Waals surface area contributed by atoms with Crippen LogP contribution in [0.1, 0.15) is 34.1 Å². The van der Waals surface area contributed by atoms with Crippen LogP contribution in [-0.4, -0.2) is 34.9 Å². The maximum Gasteiger partial charge on any atom is 0.407 e. The number of ether oxygens (including phenoxy) is 1. The highest BCUT2D eigenvalue weighted by molar-refractivity contribution is 5.71. The molecule has 1 amide bonds. The summed E-state index contributed by atoms with van der Waals surface area (Å²) in [7, 11) is 0. The molecule has 0 spiro atoms. The van der Waals surface area contributed by atoms with Crippen LogP contribution in [0.2, 0.25) is 0 Å². The van der Waals surface area contributed by atoms with E-state index < -0.39 is 29.7 Å². The molecule has 0 unspecified atom stereocenters. The molecule has 0 saturated heterocycles. The number of rotatable bonds is 4. The summed E-state index contributed by atoms with van der Waals surface area (Å²) in [4.78, 5) is 21.9. The van der Waals surface area contributed by atoms with Crippen molar-refractivity contribution in [1.82, 2.24) is 5.32 Å². The molecule has 0 bridgehead atoms. The van der Waals surface area contributed by atoms with Crippen LogP contribution in [-0.2, 0) is 9.53 Å². The van der Waals surface area contributed by atoms with Gasteiger partial charge in [-0.15, -0.1) is 0 Å². The number of hydrogen-bond donors (Lipinski definition) is 3. The number of alkyl carbamates (subject to hydrolysis) is 1. The molecule has 0 aliphatic carbocycles. The largest absolute Gasteiger partial charge is 0.481 e. The number of carbonyl (C=O) groups excluding carboxylic acids is 1. The van der Waals surface area contributed by atoms with Crippen LogP contribution in [0.4, 0.5) is 4.79 Å². The highest BCUT2D eigenvalue weighted by Crippen LogP contribution is 2.07. The number of hydrogen-bond acceptors (Lipinski definition) is 4. The molecule has 0 aliphatic heterocycles. The summed E-state index contributed by atoms with van der Waals surface area (Å²) in [6.45, 7) is 6.81. The highest BCUT2D eigenvalue weighted by atomic mass is 16.6. The fraction of sp³-hybridized carbons (Fsp3) is 0.800. The van der Waals surface area contributed by atoms with E-state index in [-0.39, 0.29) is 6.42 Å². The van der Waals surface area contributed by atoms with E-state index in [2.05, 4.69) is 5.32 Å². The van der Waals surface area contributed by atoms with Gasteiger partial charge >= 0.3 is 12.1 Å². The van der Waals surface area contributed by atoms with E-state index in [1.165, 1.54) is 0 Å². The standard InChI is InChI=1S/C10H20N2O4/c1-6(11)7(5-8(13)14)12-9(15)16-10(2,3)4/h6-7H,5,11H2,1-4H3,(H,12,15)(H,13,14)/t6-,7+/m0/s1. The van der Waals surface area contributed by atoms with Crippen molar-refractivity contribution in [1.29, 1.82) is 0 Å². The third-order valence-corrected chi connectivity index (χ3v) is 1.73. The zero-order valence-electron chi connectivity index (χ0n) is 10.1. The molecule has 6 nitrogen and oxygen atoms in total. The fourth-order valence-electron chi connectivity index (χ4n) is 1.02. The van der Waals surface area contributed by atoms with Gasteiger partial charge in [0.2, 0.25) is 0 Å². The Labute approximate surface area is 95.1 Å². The van der Waals surface area contributed by atoms with Gasteiger partial charge in [-0.3, -0.25) is 4.79 Å². The van der Waals surface area contributed by atoms with Gasteiger partial charge in [0.1, 0.15) is 5.60 Å². The molecule has 0 rings (SSSR count). The van der Waals surface area contributed by atoms with Crippen molar-refractivity contribution >= 4 is 12.1 Å². The van der Waals surface area contributed by atoms with Crippen LogP contribution >= 0.6 is 0 Å². The quantitative estimate of drug-likeness (QED) is 0.662. The Hall–Kier alpha value is -1.30. The smallest absolute Gasteiger partial charge is 0.407 e. The minimum absolute atomic E-state index is 0.225. The van der Waals surface area contributed by atoms with Crippen LogP contribution < -0.4 is 11.1 Å². The Morgan fingerprint density at radius 3 is 2.25 bits per heavy atom. The molecule has 94 valence electrons. The van der Waals surface area contributed by atoms with Crippen LogP contribution in [0.5, 0.6) is 0 Å². The molecule has 0 aliphatic rings. The third-order valence-electron chi connectivity index (χ3n) is 1.73. The second-order valence-corrected chi connectivity index (χ2v) is 4.71. The molecule has 0 aromatic heterocycles. The third kappa shape index (κ3) is 7.05. The second kappa shape index (κ2) is 5.69. The minimum Gasteiger partial charge on any atom is -0.481 e. The van der Waals surface area contributed by atoms with Gasteiger partial charge in [0.15, 0.2) is 0 Å². The van der Waals surface area contributed by atoms with E-state index in [1.807, 2.05) is 0 Å². The van der Waals surface area contributed by atoms with E-state index >= 15 is 0 Å². The normalized spacial score (nSPS) is 15.1. The number of amides is 1. The van der Waals surface area contributed by atoms with E-state index in [0.717, 1.165) is 0 Å². The Kier molecular flexibility index (Phi) is 5.23. The van der Waals surface area contributed by atoms with Gasteiger partial charge in [0, 0.05) is 6.04 Å². The zero-order valence-corrected chi connectivity index (χ0v) is 10.1. The first-order valence-electron chi connectivity index (χ1n) is 5.08. The molecule has 6 heteroatoms. The van der Waals surface area contributed by atoms with Crippen molar-refractivity contribution in [2.75, 3.05) is 0 Å². The number of aliphatic carboxylic acids is 1. The van der Waals surface area contributed by atoms with Gasteiger partial charge in [-0.05, 0) is 27.7 Å². The van der Waals surface area contributed by atoms with Gasteiger partial charge in [0.25, 0.3) is 0 Å². The molecule has 2 atom stereocenters. The Morgan fingerprint density at radius 2 is 1.94 bits per heavy atom. The Morgan fingerprint density at radius 1 is 1.44 bits per heavy atom. The van der Waals surface area contributed by atoms with E-state index in [0.29, 0.717) is 0 Å². The van der Waals surface area contributed by atoms with E-state index in [1.54, 1.807) is 27.7 Å². The van der Waals surface area contributed by atoms with Gasteiger partial charge in [-0.25, -0.2) is 4.79 Å². The predicted molar refractivity (Wildman–Crippen MR) is 59.1 cm³/mol. The summed E-state index contributed by atoms with van der Waals surface area (Å²) in [5, 5.41) is 11.1. The van der Waals surface area contributed by atoms with Crippen molar-refractivity contribution < 1.29 is 19.4 Å². The van der Waals surface area contributed by atoms with Crippen molar-refractivity contribution in [3.05, 3.63) is 0 Å². The second-order valence-electron chi connectivity index (χ2n) is 4.71. The number of nitrogens with one attached hydrogen (secondary N) is 1. The fourth-order valence-corrected chi connectivity index (χ4v) is 1.02. The van der Waals surface area contributed by atoms with Gasteiger partial charge in [-0.1, -0.05) is 0 Å². The first-order valence-corrected chi connectivity index (χ1v) is 5.08. The summed E-state index contributed by atoms with van der Waals surface area (Å²) in [6.07, 6.45) is -0.882. The van der Waals surface area contributed by atoms with Crippen molar-refractivity contribution in [2.45, 2.75) is 51.8 Å². The summed E-state index contributed by atoms with van der Waals surface area (Å²) < 4.78 is 5.00. The van der Waals surface area contributed by atoms with E-state index in [9.17, 15) is 9.59 Å². The van der Waals surface area contributed by atoms with Gasteiger partial charge in [0.05, 0.1) is 12.5 Å². The molecule has 0 saturated carbocycles. The van der Waals surface area contributed by atoms with Crippen molar-refractivity contribution in [3.63, 3.8) is 0 Å². The van der Waals surface area contributed by atoms with Crippen molar-refractivity contribution in [2.24, 2.45) is 5.73 Å². The first kappa shape index (κ1) is 14.7. The molecule has 0 aromatic carbocycles. The summed E-state index contributed by atoms with van der Waals surface area (Å²) >= 11 is 0. The number of nitrogens with two attached hydrogens (primary N) is 1. The monoisotopic (exact) mass is 232 g/mol. The Balaban J connectivity index is 4.30. The molecule has 0 radical (unpaired) electrons. The average molecular weight is 232 g/mol. The minimum atomic E-state index is -1.02. The highest BCUT2D eigenvalue weighted by Gasteiger charge is 2.23. The summed E-state index contributed by atoms with van der Waals surface area (Å²) in [6, 6.07) is -1.09. The number of carbonyl (C=O) groups is 2. The lowest BCUT2D eigenvalue weighted by Gasteiger charge is -2.24. The van der Waals surface area contributed by atoms with Crippen LogP contribution in [0.25, 0.3) is 0 Å². The molecule has 16 heavy (non-hydrogen) atoms. The molecule has 4 N–H and O–H groups in total. The number of carboxylic acids is 1. The van der Waals surface area contributed by atoms with Gasteiger partial charge < -0.3 is 20.9 Å². The first-order chi connectivity index (χ1) is 7.11. The molecular weight excluding hydrogens is 212 g/mol. The molecule has 0 aromatic rings. The summed E-state index contributed by atoms with van der Waals surface area (Å²) in [5.41, 5.74) is 4.95. The van der Waals surface area contributed by atoms with Crippen LogP contribution in [0.15, 0.2) is 0 Å². The maximum atomic E-state index is 11.4. The van der Waals surface area contributed by atoms with Gasteiger partial charge in [-0.2, -0.15) is 0 Å². The van der Waals surface area contributed by atoms with Crippen molar-refractivity contribution in [3.8, 4) is 0 Å². The average Bonchev–Trinajstić information content (AvgIpc) is 1.97. The lowest BCUT2D eigenvalue weighted by Crippen LogP contribution is -2.48. The zero-order chi connectivity index (χ0) is 12.9. The number of carboxylic acid groups (broad SMARTS) is 1. The molecular formula is C10H20N2O4. The Bertz CT molecular complexity index is 258. The predicted octanol–water partition coefficient (Wildman–Crippen LogP) is 0.702. The van der Waals surface area contributed by atoms with Crippen LogP contribution in [0.3, 0.4) is 0 Å². The van der Waals surface area contributed by atoms with Crippen LogP contribution in [0, 0.1) is 0 Å². The topological polar surface area (TPSA) is 102 Å². The molecule has 0 fully saturated rings. The maximum absolute atomic E-state index is 11.4. The molecule has 0 heterocycles.